The van der Waals surface area contributed by atoms with Gasteiger partial charge in [0.15, 0.2) is 0 Å². The van der Waals surface area contributed by atoms with Crippen LogP contribution in [0.5, 0.6) is 0 Å². The molecular formula is C14H20N2O4. The van der Waals surface area contributed by atoms with Crippen molar-refractivity contribution in [3.63, 3.8) is 0 Å². The summed E-state index contributed by atoms with van der Waals surface area (Å²) in [7, 11) is 2.97. The summed E-state index contributed by atoms with van der Waals surface area (Å²) in [6, 6.07) is 1.33. The van der Waals surface area contributed by atoms with Crippen LogP contribution in [-0.4, -0.2) is 15.1 Å². The lowest BCUT2D eigenvalue weighted by molar-refractivity contribution is -0.156. The molecule has 6 heteroatoms. The first-order chi connectivity index (χ1) is 9.35. The monoisotopic (exact) mass is 280 g/mol. The average molecular weight is 280 g/mol. The molecule has 1 aliphatic carbocycles. The number of aromatic nitrogens is 2. The number of hydrogen-bond donors (Lipinski definition) is 0. The Hall–Kier alpha value is -1.85. The van der Waals surface area contributed by atoms with Crippen LogP contribution in [0.25, 0.3) is 0 Å². The highest BCUT2D eigenvalue weighted by atomic mass is 16.5. The summed E-state index contributed by atoms with van der Waals surface area (Å²) in [6.07, 6.45) is 3.74. The van der Waals surface area contributed by atoms with E-state index in [-0.39, 0.29) is 12.6 Å². The van der Waals surface area contributed by atoms with E-state index in [4.69, 9.17) is 4.74 Å². The quantitative estimate of drug-likeness (QED) is 0.764. The van der Waals surface area contributed by atoms with Gasteiger partial charge >= 0.3 is 11.7 Å². The predicted molar refractivity (Wildman–Crippen MR) is 73.3 cm³/mol. The highest BCUT2D eigenvalue weighted by molar-refractivity contribution is 5.76. The molecule has 1 aromatic rings. The Kier molecular flexibility index (Phi) is 3.83. The molecule has 1 aliphatic rings. The second-order valence-corrected chi connectivity index (χ2v) is 5.72. The minimum atomic E-state index is -0.421. The van der Waals surface area contributed by atoms with Crippen molar-refractivity contribution in [1.29, 1.82) is 0 Å². The SMILES string of the molecule is Cn1c(COC(=O)C2(C)CCCC2)cc(=O)n(C)c1=O. The van der Waals surface area contributed by atoms with Crippen LogP contribution in [0.1, 0.15) is 38.3 Å². The van der Waals surface area contributed by atoms with Crippen LogP contribution in [0, 0.1) is 5.41 Å². The van der Waals surface area contributed by atoms with Gasteiger partial charge in [0.1, 0.15) is 6.61 Å². The molecular weight excluding hydrogens is 260 g/mol. The molecule has 1 fully saturated rings. The van der Waals surface area contributed by atoms with Gasteiger partial charge in [-0.25, -0.2) is 4.79 Å². The summed E-state index contributed by atoms with van der Waals surface area (Å²) < 4.78 is 7.64. The van der Waals surface area contributed by atoms with Crippen molar-refractivity contribution >= 4 is 5.97 Å². The number of hydrogen-bond acceptors (Lipinski definition) is 4. The van der Waals surface area contributed by atoms with Gasteiger partial charge in [-0.15, -0.1) is 0 Å². The van der Waals surface area contributed by atoms with E-state index in [0.29, 0.717) is 5.69 Å². The Bertz CT molecular complexity index is 636. The lowest BCUT2D eigenvalue weighted by atomic mass is 9.89. The number of ether oxygens (including phenoxy) is 1. The Morgan fingerprint density at radius 1 is 1.25 bits per heavy atom. The smallest absolute Gasteiger partial charge is 0.330 e. The molecule has 0 N–H and O–H groups in total. The molecule has 0 radical (unpaired) electrons. The second-order valence-electron chi connectivity index (χ2n) is 5.72. The first kappa shape index (κ1) is 14.6. The van der Waals surface area contributed by atoms with Crippen molar-refractivity contribution in [1.82, 2.24) is 9.13 Å². The van der Waals surface area contributed by atoms with Crippen LogP contribution in [0.4, 0.5) is 0 Å². The van der Waals surface area contributed by atoms with E-state index in [9.17, 15) is 14.4 Å². The predicted octanol–water partition coefficient (Wildman–Crippen LogP) is 0.708. The molecule has 1 saturated carbocycles. The van der Waals surface area contributed by atoms with Gasteiger partial charge < -0.3 is 4.74 Å². The number of nitrogens with zero attached hydrogens (tertiary/aromatic N) is 2. The third kappa shape index (κ3) is 2.55. The van der Waals surface area contributed by atoms with E-state index in [0.717, 1.165) is 30.3 Å². The Labute approximate surface area is 117 Å². The summed E-state index contributed by atoms with van der Waals surface area (Å²) in [6.45, 7) is 1.86. The summed E-state index contributed by atoms with van der Waals surface area (Å²) in [5, 5.41) is 0. The first-order valence-corrected chi connectivity index (χ1v) is 6.78. The summed E-state index contributed by atoms with van der Waals surface area (Å²) in [5.74, 6) is -0.247. The normalized spacial score (nSPS) is 17.1. The van der Waals surface area contributed by atoms with E-state index < -0.39 is 16.7 Å². The minimum absolute atomic E-state index is 0.0454. The Balaban J connectivity index is 2.14. The third-order valence-corrected chi connectivity index (χ3v) is 4.18. The number of rotatable bonds is 3. The van der Waals surface area contributed by atoms with Crippen molar-refractivity contribution < 1.29 is 9.53 Å². The van der Waals surface area contributed by atoms with E-state index in [1.165, 1.54) is 17.7 Å². The van der Waals surface area contributed by atoms with Gasteiger partial charge in [0, 0.05) is 20.2 Å². The van der Waals surface area contributed by atoms with Crippen LogP contribution in [0.2, 0.25) is 0 Å². The maximum absolute atomic E-state index is 12.1. The van der Waals surface area contributed by atoms with Gasteiger partial charge in [-0.1, -0.05) is 12.8 Å². The molecule has 0 aliphatic heterocycles. The standard InChI is InChI=1S/C14H20N2O4/c1-14(6-4-5-7-14)12(18)20-9-10-8-11(17)16(3)13(19)15(10)2/h8H,4-7,9H2,1-3H3. The van der Waals surface area contributed by atoms with Gasteiger partial charge in [-0.2, -0.15) is 0 Å². The zero-order chi connectivity index (χ0) is 14.9. The molecule has 2 rings (SSSR count). The number of esters is 1. The molecule has 6 nitrogen and oxygen atoms in total. The topological polar surface area (TPSA) is 70.3 Å². The number of carbonyl (C=O) groups is 1. The van der Waals surface area contributed by atoms with Gasteiger partial charge in [0.05, 0.1) is 11.1 Å². The lowest BCUT2D eigenvalue weighted by Crippen LogP contribution is -2.38. The Morgan fingerprint density at radius 2 is 1.85 bits per heavy atom. The summed E-state index contributed by atoms with van der Waals surface area (Å²) >= 11 is 0. The zero-order valence-corrected chi connectivity index (χ0v) is 12.1. The van der Waals surface area contributed by atoms with Crippen LogP contribution in [0.15, 0.2) is 15.7 Å². The molecule has 1 heterocycles. The summed E-state index contributed by atoms with van der Waals surface area (Å²) in [5.41, 5.74) is -0.826. The van der Waals surface area contributed by atoms with E-state index >= 15 is 0 Å². The fraction of sp³-hybridized carbons (Fsp3) is 0.643. The molecule has 0 spiro atoms. The molecule has 20 heavy (non-hydrogen) atoms. The molecule has 0 amide bonds. The second kappa shape index (κ2) is 5.26. The molecule has 0 atom stereocenters. The average Bonchev–Trinajstić information content (AvgIpc) is 2.87. The highest BCUT2D eigenvalue weighted by Crippen LogP contribution is 2.38. The molecule has 0 aromatic carbocycles. The van der Waals surface area contributed by atoms with Crippen molar-refractivity contribution in [3.05, 3.63) is 32.6 Å². The molecule has 110 valence electrons. The lowest BCUT2D eigenvalue weighted by Gasteiger charge is -2.21. The third-order valence-electron chi connectivity index (χ3n) is 4.18. The van der Waals surface area contributed by atoms with E-state index in [1.807, 2.05) is 6.92 Å². The highest BCUT2D eigenvalue weighted by Gasteiger charge is 2.37. The fourth-order valence-corrected chi connectivity index (χ4v) is 2.59. The maximum atomic E-state index is 12.1. The van der Waals surface area contributed by atoms with E-state index in [1.54, 1.807) is 7.05 Å². The van der Waals surface area contributed by atoms with Crippen molar-refractivity contribution in [2.75, 3.05) is 0 Å². The van der Waals surface area contributed by atoms with Crippen molar-refractivity contribution in [2.45, 2.75) is 39.2 Å². The van der Waals surface area contributed by atoms with E-state index in [2.05, 4.69) is 0 Å². The maximum Gasteiger partial charge on any atom is 0.330 e. The summed E-state index contributed by atoms with van der Waals surface area (Å²) in [4.78, 5) is 35.4. The van der Waals surface area contributed by atoms with Crippen LogP contribution in [0.3, 0.4) is 0 Å². The van der Waals surface area contributed by atoms with Gasteiger partial charge in [-0.05, 0) is 19.8 Å². The van der Waals surface area contributed by atoms with Gasteiger partial charge in [-0.3, -0.25) is 18.7 Å². The first-order valence-electron chi connectivity index (χ1n) is 6.78. The minimum Gasteiger partial charge on any atom is -0.459 e. The van der Waals surface area contributed by atoms with Gasteiger partial charge in [0.2, 0.25) is 0 Å². The van der Waals surface area contributed by atoms with Crippen LogP contribution in [-0.2, 0) is 30.2 Å². The fourth-order valence-electron chi connectivity index (χ4n) is 2.59. The largest absolute Gasteiger partial charge is 0.459 e. The molecule has 0 bridgehead atoms. The molecule has 0 unspecified atom stereocenters. The Morgan fingerprint density at radius 3 is 2.45 bits per heavy atom. The number of carbonyl (C=O) groups excluding carboxylic acids is 1. The van der Waals surface area contributed by atoms with Crippen LogP contribution >= 0.6 is 0 Å². The zero-order valence-electron chi connectivity index (χ0n) is 12.1. The molecule has 0 saturated heterocycles. The van der Waals surface area contributed by atoms with Crippen molar-refractivity contribution in [2.24, 2.45) is 19.5 Å². The van der Waals surface area contributed by atoms with Crippen LogP contribution < -0.4 is 11.2 Å². The van der Waals surface area contributed by atoms with Crippen molar-refractivity contribution in [3.8, 4) is 0 Å². The van der Waals surface area contributed by atoms with Gasteiger partial charge in [0.25, 0.3) is 5.56 Å². The molecule has 1 aromatic heterocycles.